The average Bonchev–Trinajstić information content (AvgIpc) is 1.54. The normalized spacial score (nSPS) is 5.16. The average molecular weight is 357 g/mol. The molecule has 0 bridgehead atoms. The van der Waals surface area contributed by atoms with E-state index >= 15 is 0 Å². The van der Waals surface area contributed by atoms with E-state index in [0.717, 1.165) is 0 Å². The van der Waals surface area contributed by atoms with Crippen molar-refractivity contribution >= 4 is 23.9 Å². The Labute approximate surface area is 119 Å². The van der Waals surface area contributed by atoms with Crippen LogP contribution in [0.4, 0.5) is 0 Å². The number of hydrogen-bond donors (Lipinski definition) is 1. The highest BCUT2D eigenvalue weighted by Gasteiger charge is 1.80. The second-order valence-corrected chi connectivity index (χ2v) is 9.00. The summed E-state index contributed by atoms with van der Waals surface area (Å²) in [6.45, 7) is 13.6. The second kappa shape index (κ2) is 62.4. The van der Waals surface area contributed by atoms with Gasteiger partial charge >= 0.3 is 7.80 Å². The zero-order chi connectivity index (χ0) is 10.7. The third-order valence-corrected chi connectivity index (χ3v) is 0. The summed E-state index contributed by atoms with van der Waals surface area (Å²) in [4.78, 5) is 8.12. The van der Waals surface area contributed by atoms with Crippen LogP contribution in [0.2, 0.25) is 0 Å². The molecule has 0 spiro atoms. The van der Waals surface area contributed by atoms with Gasteiger partial charge in [-0.25, -0.2) is 0 Å². The molecule has 0 saturated carbocycles. The molecule has 0 rings (SSSR count). The number of hydrogen-bond acceptors (Lipinski definition) is 2. The topological polar surface area (TPSA) is 258 Å². The molecule has 0 saturated heterocycles. The predicted octanol–water partition coefficient (Wildman–Crippen LogP) is -2.71. The van der Waals surface area contributed by atoms with Crippen molar-refractivity contribution in [2.75, 3.05) is 46.7 Å². The summed E-state index contributed by atoms with van der Waals surface area (Å²) in [5.74, 6) is 0. The quantitative estimate of drug-likeness (QED) is 0.453. The molecule has 0 radical (unpaired) electrons. The SMILES string of the molecule is CP(C)C.CP(C)O.C[P+](C)=O.O.O.O.O.O.O.O. The Morgan fingerprint density at radius 1 is 0.684 bits per heavy atom. The third-order valence-electron chi connectivity index (χ3n) is 0. The van der Waals surface area contributed by atoms with Crippen LogP contribution in [0.25, 0.3) is 0 Å². The molecule has 0 heterocycles. The van der Waals surface area contributed by atoms with Gasteiger partial charge in [0, 0.05) is 8.15 Å². The van der Waals surface area contributed by atoms with E-state index in [0.29, 0.717) is 7.92 Å². The van der Waals surface area contributed by atoms with E-state index in [1.165, 1.54) is 0 Å². The Morgan fingerprint density at radius 3 is 0.684 bits per heavy atom. The van der Waals surface area contributed by atoms with Crippen LogP contribution in [0.1, 0.15) is 0 Å². The molecule has 19 heavy (non-hydrogen) atoms. The summed E-state index contributed by atoms with van der Waals surface area (Å²) in [5, 5.41) is 0. The van der Waals surface area contributed by atoms with Gasteiger partial charge in [-0.3, -0.25) is 0 Å². The molecular weight excluding hydrogens is 321 g/mol. The van der Waals surface area contributed by atoms with Gasteiger partial charge in [0.15, 0.2) is 0 Å². The van der Waals surface area contributed by atoms with Crippen molar-refractivity contribution < 1.29 is 47.8 Å². The zero-order valence-electron chi connectivity index (χ0n) is 12.7. The molecule has 0 atom stereocenters. The van der Waals surface area contributed by atoms with Crippen LogP contribution in [0, 0.1) is 0 Å². The van der Waals surface area contributed by atoms with Gasteiger partial charge in [-0.05, 0) is 33.3 Å². The molecule has 0 fully saturated rings. The van der Waals surface area contributed by atoms with Crippen LogP contribution in [-0.2, 0) is 4.57 Å². The van der Waals surface area contributed by atoms with Gasteiger partial charge in [-0.15, -0.1) is 7.92 Å². The van der Waals surface area contributed by atoms with Crippen molar-refractivity contribution in [2.45, 2.75) is 0 Å². The molecule has 0 aromatic heterocycles. The lowest BCUT2D eigenvalue weighted by Gasteiger charge is -1.81. The van der Waals surface area contributed by atoms with E-state index in [2.05, 4.69) is 20.0 Å². The Balaban J connectivity index is -0.00000000675. The van der Waals surface area contributed by atoms with Gasteiger partial charge in [0.05, 0.1) is 0 Å². The molecule has 12 heteroatoms. The summed E-state index contributed by atoms with van der Waals surface area (Å²) in [7, 11) is -1.11. The Hall–Kier alpha value is 0.640. The van der Waals surface area contributed by atoms with Gasteiger partial charge in [0.25, 0.3) is 0 Å². The van der Waals surface area contributed by atoms with Crippen molar-refractivity contribution in [3.8, 4) is 0 Å². The fourth-order valence-electron chi connectivity index (χ4n) is 0. The fraction of sp³-hybridized carbons (Fsp3) is 1.00. The maximum atomic E-state index is 9.59. The van der Waals surface area contributed by atoms with Crippen molar-refractivity contribution in [2.24, 2.45) is 0 Å². The Kier molecular flexibility index (Phi) is 241. The lowest BCUT2D eigenvalue weighted by Crippen LogP contribution is -1.50. The molecule has 9 nitrogen and oxygen atoms in total. The molecule has 0 aromatic rings. The lowest BCUT2D eigenvalue weighted by atomic mass is 11.9. The van der Waals surface area contributed by atoms with Gasteiger partial charge in [0.2, 0.25) is 0 Å². The highest BCUT2D eigenvalue weighted by atomic mass is 31.1. The molecule has 15 N–H and O–H groups in total. The van der Waals surface area contributed by atoms with Gasteiger partial charge in [-0.2, -0.15) is 0 Å². The highest BCUT2D eigenvalue weighted by molar-refractivity contribution is 7.55. The Morgan fingerprint density at radius 2 is 0.684 bits per heavy atom. The smallest absolute Gasteiger partial charge is 0.332 e. The lowest BCUT2D eigenvalue weighted by molar-refractivity contribution is 0.594. The minimum Gasteiger partial charge on any atom is -0.412 e. The molecule has 0 aliphatic heterocycles. The van der Waals surface area contributed by atoms with Gasteiger partial charge in [-0.1, -0.05) is 4.57 Å². The molecular formula is C7H36O9P3+. The fourth-order valence-corrected chi connectivity index (χ4v) is 0. The van der Waals surface area contributed by atoms with Crippen LogP contribution in [0.15, 0.2) is 0 Å². The minimum atomic E-state index is -0.870. The minimum absolute atomic E-state index is 0. The van der Waals surface area contributed by atoms with Crippen LogP contribution >= 0.6 is 23.9 Å². The second-order valence-electron chi connectivity index (χ2n) is 3.00. The van der Waals surface area contributed by atoms with Crippen molar-refractivity contribution in [1.82, 2.24) is 0 Å². The molecule has 132 valence electrons. The first-order valence-electron chi connectivity index (χ1n) is 3.51. The first-order valence-corrected chi connectivity index (χ1v) is 10.5. The van der Waals surface area contributed by atoms with Crippen LogP contribution < -0.4 is 0 Å². The van der Waals surface area contributed by atoms with Crippen molar-refractivity contribution in [1.29, 1.82) is 0 Å². The van der Waals surface area contributed by atoms with E-state index in [1.807, 2.05) is 0 Å². The van der Waals surface area contributed by atoms with Gasteiger partial charge < -0.3 is 43.2 Å². The Bertz CT molecular complexity index is 90.3. The largest absolute Gasteiger partial charge is 0.412 e. The summed E-state index contributed by atoms with van der Waals surface area (Å²) >= 11 is 0. The molecule has 0 aromatic carbocycles. The monoisotopic (exact) mass is 357 g/mol. The maximum Gasteiger partial charge on any atom is 0.332 e. The maximum absolute atomic E-state index is 9.59. The molecule has 0 aliphatic rings. The van der Waals surface area contributed by atoms with E-state index in [9.17, 15) is 4.57 Å². The van der Waals surface area contributed by atoms with Crippen molar-refractivity contribution in [3.63, 3.8) is 0 Å². The summed E-state index contributed by atoms with van der Waals surface area (Å²) in [6.07, 6.45) is 0. The first-order chi connectivity index (χ1) is 5.20. The molecule has 0 unspecified atom stereocenters. The highest BCUT2D eigenvalue weighted by Crippen LogP contribution is 2.14. The standard InChI is InChI=1S/C3H9P.C2H7OP.C2H6OP.7H2O/c3*1-4(2)3;;;;;;;/h1-3H3;3H,1-2H3;1-2H3;7*1H2/q;;+1;;;;;;;. The van der Waals surface area contributed by atoms with E-state index in [-0.39, 0.29) is 38.3 Å². The van der Waals surface area contributed by atoms with Crippen LogP contribution in [0.5, 0.6) is 0 Å². The van der Waals surface area contributed by atoms with Crippen LogP contribution in [0.3, 0.4) is 0 Å². The van der Waals surface area contributed by atoms with E-state index in [1.54, 1.807) is 26.7 Å². The summed E-state index contributed by atoms with van der Waals surface area (Å²) < 4.78 is 9.59. The van der Waals surface area contributed by atoms with Crippen LogP contribution in [-0.4, -0.2) is 89.9 Å². The predicted molar refractivity (Wildman–Crippen MR) is 90.4 cm³/mol. The summed E-state index contributed by atoms with van der Waals surface area (Å²) in [5.41, 5.74) is 0. The van der Waals surface area contributed by atoms with Gasteiger partial charge in [0.1, 0.15) is 13.3 Å². The van der Waals surface area contributed by atoms with Crippen molar-refractivity contribution in [3.05, 3.63) is 0 Å². The third kappa shape index (κ3) is 12600. The molecule has 0 amide bonds. The number of rotatable bonds is 0. The first kappa shape index (κ1) is 73.4. The van der Waals surface area contributed by atoms with E-state index in [4.69, 9.17) is 4.89 Å². The van der Waals surface area contributed by atoms with E-state index < -0.39 is 15.9 Å². The molecule has 0 aliphatic carbocycles. The summed E-state index contributed by atoms with van der Waals surface area (Å²) in [6, 6.07) is 0. The zero-order valence-corrected chi connectivity index (χ0v) is 15.4.